The van der Waals surface area contributed by atoms with Crippen molar-refractivity contribution in [1.82, 2.24) is 4.90 Å². The third-order valence-corrected chi connectivity index (χ3v) is 5.58. The van der Waals surface area contributed by atoms with Gasteiger partial charge in [-0.15, -0.1) is 0 Å². The first-order valence-electron chi connectivity index (χ1n) is 8.03. The molecule has 0 bridgehead atoms. The fourth-order valence-electron chi connectivity index (χ4n) is 2.61. The second-order valence-corrected chi connectivity index (χ2v) is 7.78. The number of ether oxygens (including phenoxy) is 1. The van der Waals surface area contributed by atoms with E-state index < -0.39 is 23.2 Å². The zero-order chi connectivity index (χ0) is 19.7. The largest absolute Gasteiger partial charge is 0.467 e. The van der Waals surface area contributed by atoms with Crippen LogP contribution in [0, 0.1) is 6.92 Å². The first-order chi connectivity index (χ1) is 12.8. The van der Waals surface area contributed by atoms with Crippen molar-refractivity contribution in [3.8, 4) is 11.3 Å². The summed E-state index contributed by atoms with van der Waals surface area (Å²) in [6, 6.07) is 8.43. The number of methoxy groups -OCH3 is 1. The molecule has 0 saturated carbocycles. The van der Waals surface area contributed by atoms with E-state index in [4.69, 9.17) is 4.42 Å². The van der Waals surface area contributed by atoms with Gasteiger partial charge in [0.05, 0.1) is 12.0 Å². The number of halogens is 1. The Morgan fingerprint density at radius 3 is 2.70 bits per heavy atom. The average molecular weight is 450 g/mol. The zero-order valence-corrected chi connectivity index (χ0v) is 17.2. The number of hydrogen-bond acceptors (Lipinski definition) is 6. The van der Waals surface area contributed by atoms with E-state index in [1.807, 2.05) is 25.1 Å². The summed E-state index contributed by atoms with van der Waals surface area (Å²) >= 11 is 4.28. The second-order valence-electron chi connectivity index (χ2n) is 5.94. The van der Waals surface area contributed by atoms with Crippen LogP contribution < -0.4 is 0 Å². The van der Waals surface area contributed by atoms with Gasteiger partial charge in [-0.25, -0.2) is 4.79 Å². The average Bonchev–Trinajstić information content (AvgIpc) is 3.18. The van der Waals surface area contributed by atoms with Gasteiger partial charge in [-0.1, -0.05) is 22.0 Å². The topological polar surface area (TPSA) is 76.8 Å². The smallest absolute Gasteiger partial charge is 0.328 e. The van der Waals surface area contributed by atoms with Gasteiger partial charge in [0.15, 0.2) is 0 Å². The van der Waals surface area contributed by atoms with Crippen LogP contribution in [0.25, 0.3) is 17.4 Å². The van der Waals surface area contributed by atoms with Crippen molar-refractivity contribution in [1.29, 1.82) is 0 Å². The Morgan fingerprint density at radius 2 is 2.04 bits per heavy atom. The molecule has 0 radical (unpaired) electrons. The summed E-state index contributed by atoms with van der Waals surface area (Å²) in [5.74, 6) is -0.121. The standard InChI is InChI=1S/C19H16BrNO5S/c1-10-4-6-13(14(20)8-10)15-7-5-12(26-15)9-16-17(22)21(19(24)27-16)11(2)18(23)25-3/h4-9,11H,1-3H3/b16-9-/t11-/m1/s1. The maximum absolute atomic E-state index is 12.5. The van der Waals surface area contributed by atoms with Crippen LogP contribution in [0.15, 0.2) is 44.1 Å². The number of aryl methyl sites for hydroxylation is 1. The maximum Gasteiger partial charge on any atom is 0.328 e. The van der Waals surface area contributed by atoms with Gasteiger partial charge in [0, 0.05) is 16.1 Å². The number of carbonyl (C=O) groups excluding carboxylic acids is 3. The molecule has 1 aromatic heterocycles. The number of hydrogen-bond donors (Lipinski definition) is 0. The molecule has 1 aliphatic rings. The van der Waals surface area contributed by atoms with E-state index in [0.29, 0.717) is 11.5 Å². The van der Waals surface area contributed by atoms with E-state index in [9.17, 15) is 14.4 Å². The van der Waals surface area contributed by atoms with Crippen molar-refractivity contribution in [3.63, 3.8) is 0 Å². The quantitative estimate of drug-likeness (QED) is 0.500. The number of thioether (sulfide) groups is 1. The van der Waals surface area contributed by atoms with Crippen molar-refractivity contribution in [3.05, 3.63) is 51.0 Å². The number of imide groups is 1. The molecule has 8 heteroatoms. The summed E-state index contributed by atoms with van der Waals surface area (Å²) in [6.07, 6.45) is 1.50. The molecule has 1 saturated heterocycles. The molecule has 3 rings (SSSR count). The Morgan fingerprint density at radius 1 is 1.30 bits per heavy atom. The maximum atomic E-state index is 12.5. The number of esters is 1. The van der Waals surface area contributed by atoms with Crippen LogP contribution in [-0.4, -0.2) is 35.2 Å². The van der Waals surface area contributed by atoms with E-state index in [1.54, 1.807) is 12.1 Å². The lowest BCUT2D eigenvalue weighted by Gasteiger charge is -2.18. The molecule has 6 nitrogen and oxygen atoms in total. The molecule has 0 unspecified atom stereocenters. The van der Waals surface area contributed by atoms with Gasteiger partial charge in [-0.3, -0.25) is 14.5 Å². The third-order valence-electron chi connectivity index (χ3n) is 4.04. The van der Waals surface area contributed by atoms with Crippen molar-refractivity contribution < 1.29 is 23.5 Å². The van der Waals surface area contributed by atoms with Crippen LogP contribution in [0.2, 0.25) is 0 Å². The van der Waals surface area contributed by atoms with Crippen LogP contribution in [0.1, 0.15) is 18.2 Å². The number of nitrogens with zero attached hydrogens (tertiary/aromatic N) is 1. The summed E-state index contributed by atoms with van der Waals surface area (Å²) < 4.78 is 11.3. The lowest BCUT2D eigenvalue weighted by atomic mass is 10.1. The van der Waals surface area contributed by atoms with E-state index in [2.05, 4.69) is 20.7 Å². The van der Waals surface area contributed by atoms with Gasteiger partial charge in [0.25, 0.3) is 11.1 Å². The van der Waals surface area contributed by atoms with Crippen molar-refractivity contribution in [2.45, 2.75) is 19.9 Å². The highest BCUT2D eigenvalue weighted by Gasteiger charge is 2.41. The lowest BCUT2D eigenvalue weighted by Crippen LogP contribution is -2.42. The predicted molar refractivity (Wildman–Crippen MR) is 106 cm³/mol. The Bertz CT molecular complexity index is 965. The zero-order valence-electron chi connectivity index (χ0n) is 14.8. The molecule has 2 amide bonds. The molecular formula is C19H16BrNO5S. The lowest BCUT2D eigenvalue weighted by molar-refractivity contribution is -0.148. The molecule has 27 heavy (non-hydrogen) atoms. The van der Waals surface area contributed by atoms with E-state index in [1.165, 1.54) is 20.1 Å². The Balaban J connectivity index is 1.86. The van der Waals surface area contributed by atoms with Crippen LogP contribution in [0.4, 0.5) is 4.79 Å². The van der Waals surface area contributed by atoms with Crippen LogP contribution in [0.5, 0.6) is 0 Å². The van der Waals surface area contributed by atoms with Crippen LogP contribution >= 0.6 is 27.7 Å². The summed E-state index contributed by atoms with van der Waals surface area (Å²) in [6.45, 7) is 3.44. The fraction of sp³-hybridized carbons (Fsp3) is 0.211. The van der Waals surface area contributed by atoms with Crippen molar-refractivity contribution in [2.24, 2.45) is 0 Å². The van der Waals surface area contributed by atoms with Crippen molar-refractivity contribution in [2.75, 3.05) is 7.11 Å². The normalized spacial score (nSPS) is 16.9. The molecule has 0 spiro atoms. The van der Waals surface area contributed by atoms with E-state index in [-0.39, 0.29) is 4.91 Å². The number of carbonyl (C=O) groups is 3. The van der Waals surface area contributed by atoms with E-state index >= 15 is 0 Å². The van der Waals surface area contributed by atoms with Gasteiger partial charge in [-0.2, -0.15) is 0 Å². The van der Waals surface area contributed by atoms with E-state index in [0.717, 1.165) is 32.3 Å². The Kier molecular flexibility index (Phi) is 5.57. The van der Waals surface area contributed by atoms with Crippen LogP contribution in [-0.2, 0) is 14.3 Å². The highest BCUT2D eigenvalue weighted by molar-refractivity contribution is 9.10. The number of benzene rings is 1. The molecule has 2 aromatic rings. The molecule has 0 N–H and O–H groups in total. The molecule has 1 atom stereocenters. The first-order valence-corrected chi connectivity index (χ1v) is 9.64. The third kappa shape index (κ3) is 3.86. The molecule has 1 fully saturated rings. The van der Waals surface area contributed by atoms with Gasteiger partial charge in [0.1, 0.15) is 17.6 Å². The summed E-state index contributed by atoms with van der Waals surface area (Å²) in [4.78, 5) is 37.4. The first kappa shape index (κ1) is 19.4. The predicted octanol–water partition coefficient (Wildman–Crippen LogP) is 4.62. The number of furan rings is 1. The Labute approximate surface area is 168 Å². The molecule has 0 aliphatic carbocycles. The molecule has 140 valence electrons. The molecule has 1 aliphatic heterocycles. The number of amides is 2. The summed E-state index contributed by atoms with van der Waals surface area (Å²) in [7, 11) is 1.21. The van der Waals surface area contributed by atoms with Gasteiger partial charge in [-0.05, 0) is 55.4 Å². The number of rotatable bonds is 4. The SMILES string of the molecule is COC(=O)[C@@H](C)N1C(=O)S/C(=C\c2ccc(-c3ccc(C)cc3Br)o2)C1=O. The highest BCUT2D eigenvalue weighted by Crippen LogP contribution is 2.35. The highest BCUT2D eigenvalue weighted by atomic mass is 79.9. The minimum absolute atomic E-state index is 0.194. The molecule has 1 aromatic carbocycles. The summed E-state index contributed by atoms with van der Waals surface area (Å²) in [5.41, 5.74) is 2.00. The van der Waals surface area contributed by atoms with Crippen molar-refractivity contribution >= 4 is 50.9 Å². The Hall–Kier alpha value is -2.32. The second kappa shape index (κ2) is 7.74. The van der Waals surface area contributed by atoms with Crippen LogP contribution in [0.3, 0.4) is 0 Å². The fourth-order valence-corrected chi connectivity index (χ4v) is 4.19. The van der Waals surface area contributed by atoms with Gasteiger partial charge < -0.3 is 9.15 Å². The molecular weight excluding hydrogens is 434 g/mol. The van der Waals surface area contributed by atoms with Gasteiger partial charge >= 0.3 is 5.97 Å². The summed E-state index contributed by atoms with van der Waals surface area (Å²) in [5, 5.41) is -0.516. The minimum Gasteiger partial charge on any atom is -0.467 e. The molecule has 2 heterocycles. The minimum atomic E-state index is -0.982. The van der Waals surface area contributed by atoms with Gasteiger partial charge in [0.2, 0.25) is 0 Å². The monoisotopic (exact) mass is 449 g/mol.